The maximum atomic E-state index is 11.9. The molecule has 0 saturated carbocycles. The predicted molar refractivity (Wildman–Crippen MR) is 69.3 cm³/mol. The minimum atomic E-state index is -0.579. The SMILES string of the molecule is C=CCCCN(CC(=O)OC)C(=O)OC(C)(C)C. The number of amides is 1. The van der Waals surface area contributed by atoms with E-state index in [1.807, 2.05) is 0 Å². The van der Waals surface area contributed by atoms with Crippen LogP contribution in [0.15, 0.2) is 12.7 Å². The Balaban J connectivity index is 4.48. The van der Waals surface area contributed by atoms with E-state index in [9.17, 15) is 9.59 Å². The summed E-state index contributed by atoms with van der Waals surface area (Å²) in [7, 11) is 1.29. The second-order valence-corrected chi connectivity index (χ2v) is 4.91. The maximum absolute atomic E-state index is 11.9. The number of hydrogen-bond acceptors (Lipinski definition) is 4. The summed E-state index contributed by atoms with van der Waals surface area (Å²) in [5.41, 5.74) is -0.579. The van der Waals surface area contributed by atoms with Gasteiger partial charge in [-0.3, -0.25) is 9.69 Å². The van der Waals surface area contributed by atoms with Gasteiger partial charge in [-0.25, -0.2) is 4.79 Å². The highest BCUT2D eigenvalue weighted by molar-refractivity contribution is 5.78. The number of esters is 1. The Hall–Kier alpha value is -1.52. The zero-order valence-corrected chi connectivity index (χ0v) is 11.7. The molecule has 0 aromatic heterocycles. The normalized spacial score (nSPS) is 10.7. The van der Waals surface area contributed by atoms with Crippen molar-refractivity contribution >= 4 is 12.1 Å². The third-order valence-corrected chi connectivity index (χ3v) is 2.04. The third kappa shape index (κ3) is 7.70. The van der Waals surface area contributed by atoms with Crippen molar-refractivity contribution in [2.45, 2.75) is 39.2 Å². The number of methoxy groups -OCH3 is 1. The molecule has 5 nitrogen and oxygen atoms in total. The minimum Gasteiger partial charge on any atom is -0.468 e. The lowest BCUT2D eigenvalue weighted by Gasteiger charge is -2.26. The van der Waals surface area contributed by atoms with Crippen LogP contribution in [0.1, 0.15) is 33.6 Å². The molecule has 0 spiro atoms. The predicted octanol–water partition coefficient (Wildman–Crippen LogP) is 2.36. The monoisotopic (exact) mass is 257 g/mol. The summed E-state index contributed by atoms with van der Waals surface area (Å²) < 4.78 is 9.79. The van der Waals surface area contributed by atoms with Crippen molar-refractivity contribution in [3.05, 3.63) is 12.7 Å². The van der Waals surface area contributed by atoms with Crippen molar-refractivity contribution in [3.8, 4) is 0 Å². The van der Waals surface area contributed by atoms with E-state index in [2.05, 4.69) is 11.3 Å². The van der Waals surface area contributed by atoms with Crippen molar-refractivity contribution in [2.24, 2.45) is 0 Å². The standard InChI is InChI=1S/C13H23NO4/c1-6-7-8-9-14(10-11(15)17-5)12(16)18-13(2,3)4/h6H,1,7-10H2,2-5H3. The summed E-state index contributed by atoms with van der Waals surface area (Å²) in [4.78, 5) is 24.5. The molecule has 0 N–H and O–H groups in total. The van der Waals surface area contributed by atoms with Crippen LogP contribution in [0.5, 0.6) is 0 Å². The fourth-order valence-corrected chi connectivity index (χ4v) is 1.21. The molecular weight excluding hydrogens is 234 g/mol. The summed E-state index contributed by atoms with van der Waals surface area (Å²) in [6.45, 7) is 9.31. The van der Waals surface area contributed by atoms with Gasteiger partial charge in [0.1, 0.15) is 12.1 Å². The van der Waals surface area contributed by atoms with Gasteiger partial charge in [0.05, 0.1) is 7.11 Å². The molecule has 1 amide bonds. The second kappa shape index (κ2) is 7.74. The van der Waals surface area contributed by atoms with Gasteiger partial charge in [0.2, 0.25) is 0 Å². The van der Waals surface area contributed by atoms with Gasteiger partial charge in [0.25, 0.3) is 0 Å². The first-order chi connectivity index (χ1) is 8.30. The molecule has 0 saturated heterocycles. The minimum absolute atomic E-state index is 0.0947. The van der Waals surface area contributed by atoms with E-state index in [0.717, 1.165) is 12.8 Å². The fraction of sp³-hybridized carbons (Fsp3) is 0.692. The molecule has 0 radical (unpaired) electrons. The zero-order chi connectivity index (χ0) is 14.2. The number of ether oxygens (including phenoxy) is 2. The number of hydrogen-bond donors (Lipinski definition) is 0. The topological polar surface area (TPSA) is 55.8 Å². The fourth-order valence-electron chi connectivity index (χ4n) is 1.21. The zero-order valence-electron chi connectivity index (χ0n) is 11.7. The Labute approximate surface area is 109 Å². The molecule has 0 bridgehead atoms. The van der Waals surface area contributed by atoms with Crippen LogP contribution in [0.4, 0.5) is 4.79 Å². The largest absolute Gasteiger partial charge is 0.468 e. The van der Waals surface area contributed by atoms with Crippen molar-refractivity contribution in [3.63, 3.8) is 0 Å². The molecule has 0 aliphatic rings. The van der Waals surface area contributed by atoms with E-state index in [-0.39, 0.29) is 6.54 Å². The molecule has 18 heavy (non-hydrogen) atoms. The van der Waals surface area contributed by atoms with Gasteiger partial charge in [-0.2, -0.15) is 0 Å². The van der Waals surface area contributed by atoms with Gasteiger partial charge in [-0.15, -0.1) is 6.58 Å². The first-order valence-electron chi connectivity index (χ1n) is 5.95. The van der Waals surface area contributed by atoms with Gasteiger partial charge in [-0.1, -0.05) is 6.08 Å². The van der Waals surface area contributed by atoms with E-state index in [4.69, 9.17) is 4.74 Å². The van der Waals surface area contributed by atoms with Crippen LogP contribution in [0.25, 0.3) is 0 Å². The summed E-state index contributed by atoms with van der Waals surface area (Å²) in [5.74, 6) is -0.459. The molecule has 0 heterocycles. The van der Waals surface area contributed by atoms with E-state index in [0.29, 0.717) is 6.54 Å². The number of allylic oxidation sites excluding steroid dienone is 1. The van der Waals surface area contributed by atoms with Crippen LogP contribution in [0, 0.1) is 0 Å². The molecule has 0 unspecified atom stereocenters. The second-order valence-electron chi connectivity index (χ2n) is 4.91. The molecule has 0 atom stereocenters. The summed E-state index contributed by atoms with van der Waals surface area (Å²) >= 11 is 0. The average molecular weight is 257 g/mol. The Bertz CT molecular complexity index is 294. The lowest BCUT2D eigenvalue weighted by atomic mass is 10.2. The molecule has 0 aromatic rings. The van der Waals surface area contributed by atoms with Gasteiger partial charge in [-0.05, 0) is 33.6 Å². The van der Waals surface area contributed by atoms with E-state index in [1.165, 1.54) is 12.0 Å². The number of nitrogens with zero attached hydrogens (tertiary/aromatic N) is 1. The highest BCUT2D eigenvalue weighted by atomic mass is 16.6. The third-order valence-electron chi connectivity index (χ3n) is 2.04. The highest BCUT2D eigenvalue weighted by Gasteiger charge is 2.23. The van der Waals surface area contributed by atoms with E-state index in [1.54, 1.807) is 26.8 Å². The lowest BCUT2D eigenvalue weighted by Crippen LogP contribution is -2.40. The molecular formula is C13H23NO4. The Morgan fingerprint density at radius 3 is 2.39 bits per heavy atom. The molecule has 0 aliphatic carbocycles. The molecule has 0 aromatic carbocycles. The Morgan fingerprint density at radius 2 is 1.94 bits per heavy atom. The van der Waals surface area contributed by atoms with Crippen LogP contribution >= 0.6 is 0 Å². The lowest BCUT2D eigenvalue weighted by molar-refractivity contribution is -0.141. The van der Waals surface area contributed by atoms with Crippen LogP contribution in [0.3, 0.4) is 0 Å². The smallest absolute Gasteiger partial charge is 0.410 e. The summed E-state index contributed by atoms with van der Waals surface area (Å²) in [6.07, 6.45) is 2.78. The molecule has 0 aliphatic heterocycles. The van der Waals surface area contributed by atoms with Crippen LogP contribution in [-0.4, -0.2) is 42.8 Å². The van der Waals surface area contributed by atoms with Crippen molar-refractivity contribution in [1.29, 1.82) is 0 Å². The van der Waals surface area contributed by atoms with Crippen molar-refractivity contribution in [1.82, 2.24) is 4.90 Å². The number of carbonyl (C=O) groups excluding carboxylic acids is 2. The quantitative estimate of drug-likeness (QED) is 0.416. The van der Waals surface area contributed by atoms with Crippen LogP contribution < -0.4 is 0 Å². The van der Waals surface area contributed by atoms with Crippen LogP contribution in [0.2, 0.25) is 0 Å². The molecule has 5 heteroatoms. The Kier molecular flexibility index (Phi) is 7.08. The molecule has 104 valence electrons. The first kappa shape index (κ1) is 16.5. The molecule has 0 fully saturated rings. The van der Waals surface area contributed by atoms with Crippen molar-refractivity contribution in [2.75, 3.05) is 20.2 Å². The number of unbranched alkanes of at least 4 members (excludes halogenated alkanes) is 1. The highest BCUT2D eigenvalue weighted by Crippen LogP contribution is 2.10. The van der Waals surface area contributed by atoms with Gasteiger partial charge in [0.15, 0.2) is 0 Å². The maximum Gasteiger partial charge on any atom is 0.410 e. The number of carbonyl (C=O) groups is 2. The molecule has 0 rings (SSSR count). The van der Waals surface area contributed by atoms with Crippen molar-refractivity contribution < 1.29 is 19.1 Å². The average Bonchev–Trinajstić information content (AvgIpc) is 2.25. The Morgan fingerprint density at radius 1 is 1.33 bits per heavy atom. The first-order valence-corrected chi connectivity index (χ1v) is 5.95. The van der Waals surface area contributed by atoms with E-state index < -0.39 is 17.7 Å². The van der Waals surface area contributed by atoms with Gasteiger partial charge in [0, 0.05) is 6.54 Å². The van der Waals surface area contributed by atoms with E-state index >= 15 is 0 Å². The summed E-state index contributed by atoms with van der Waals surface area (Å²) in [5, 5.41) is 0. The summed E-state index contributed by atoms with van der Waals surface area (Å²) in [6, 6.07) is 0. The van der Waals surface area contributed by atoms with Crippen LogP contribution in [-0.2, 0) is 14.3 Å². The van der Waals surface area contributed by atoms with Gasteiger partial charge >= 0.3 is 12.1 Å². The van der Waals surface area contributed by atoms with Gasteiger partial charge < -0.3 is 9.47 Å². The number of rotatable bonds is 6.